The van der Waals surface area contributed by atoms with E-state index >= 15 is 0 Å². The Bertz CT molecular complexity index is 263. The quantitative estimate of drug-likeness (QED) is 0.595. The van der Waals surface area contributed by atoms with Crippen molar-refractivity contribution in [2.45, 2.75) is 33.6 Å². The van der Waals surface area contributed by atoms with E-state index in [1.165, 1.54) is 5.57 Å². The minimum Gasteiger partial charge on any atom is -0.305 e. The lowest BCUT2D eigenvalue weighted by molar-refractivity contribution is -0.119. The summed E-state index contributed by atoms with van der Waals surface area (Å²) in [6.45, 7) is 5.84. The van der Waals surface area contributed by atoms with E-state index < -0.39 is 0 Å². The van der Waals surface area contributed by atoms with Crippen LogP contribution in [-0.4, -0.2) is 11.5 Å². The number of allylic oxidation sites excluding steroid dienone is 2. The average molecular weight is 165 g/mol. The minimum atomic E-state index is 0.273. The molecular weight excluding hydrogens is 150 g/mol. The lowest BCUT2D eigenvalue weighted by Crippen LogP contribution is -2.18. The van der Waals surface area contributed by atoms with Gasteiger partial charge in [0.15, 0.2) is 0 Å². The van der Waals surface area contributed by atoms with Crippen LogP contribution in [0.2, 0.25) is 0 Å². The van der Waals surface area contributed by atoms with Crippen molar-refractivity contribution in [3.8, 4) is 0 Å². The molecule has 2 heteroatoms. The van der Waals surface area contributed by atoms with Crippen molar-refractivity contribution in [3.63, 3.8) is 0 Å². The number of ketones is 1. The summed E-state index contributed by atoms with van der Waals surface area (Å²) in [6.07, 6.45) is 1.13. The van der Waals surface area contributed by atoms with E-state index in [1.54, 1.807) is 6.92 Å². The third-order valence-electron chi connectivity index (χ3n) is 2.58. The molecule has 0 saturated carbocycles. The molecule has 1 rings (SSSR count). The smallest absolute Gasteiger partial charge is 0.137 e. The molecule has 0 aromatic carbocycles. The summed E-state index contributed by atoms with van der Waals surface area (Å²) in [5, 5.41) is 7.49. The van der Waals surface area contributed by atoms with Gasteiger partial charge in [-0.15, -0.1) is 0 Å². The Hall–Kier alpha value is -0.920. The van der Waals surface area contributed by atoms with Crippen molar-refractivity contribution in [1.82, 2.24) is 0 Å². The summed E-state index contributed by atoms with van der Waals surface area (Å²) in [4.78, 5) is 11.2. The van der Waals surface area contributed by atoms with Gasteiger partial charge in [0.1, 0.15) is 5.78 Å². The molecule has 0 spiro atoms. The summed E-state index contributed by atoms with van der Waals surface area (Å²) < 4.78 is 0. The molecule has 1 unspecified atom stereocenters. The second-order valence-corrected chi connectivity index (χ2v) is 3.61. The van der Waals surface area contributed by atoms with E-state index in [0.29, 0.717) is 24.5 Å². The molecule has 12 heavy (non-hydrogen) atoms. The van der Waals surface area contributed by atoms with Crippen LogP contribution in [0.25, 0.3) is 0 Å². The highest BCUT2D eigenvalue weighted by Gasteiger charge is 2.22. The van der Waals surface area contributed by atoms with Gasteiger partial charge >= 0.3 is 0 Å². The molecule has 0 fully saturated rings. The predicted octanol–water partition coefficient (Wildman–Crippen LogP) is 2.34. The van der Waals surface area contributed by atoms with Gasteiger partial charge in [-0.2, -0.15) is 0 Å². The number of nitrogens with one attached hydrogen (secondary N) is 1. The Kier molecular flexibility index (Phi) is 2.46. The van der Waals surface area contributed by atoms with Crippen LogP contribution in [0.4, 0.5) is 0 Å². The van der Waals surface area contributed by atoms with E-state index in [2.05, 4.69) is 6.92 Å². The molecule has 1 aliphatic rings. The maximum atomic E-state index is 11.2. The highest BCUT2D eigenvalue weighted by Crippen LogP contribution is 2.27. The second-order valence-electron chi connectivity index (χ2n) is 3.61. The molecule has 0 heterocycles. The van der Waals surface area contributed by atoms with Crippen LogP contribution in [0.15, 0.2) is 11.1 Å². The summed E-state index contributed by atoms with van der Waals surface area (Å²) in [5.41, 5.74) is 2.73. The Balaban J connectivity index is 3.00. The standard InChI is InChI=1S/C10H15NO/c1-6-4-9(12)5-10(7(6)2)8(3)11/h6,11H,4-5H2,1-3H3. The summed E-state index contributed by atoms with van der Waals surface area (Å²) in [7, 11) is 0. The number of Topliss-reactive ketones (excluding diaryl/α,β-unsaturated/α-hetero) is 1. The number of carbonyl (C=O) groups is 1. The molecule has 2 nitrogen and oxygen atoms in total. The van der Waals surface area contributed by atoms with Crippen molar-refractivity contribution < 1.29 is 4.79 Å². The van der Waals surface area contributed by atoms with Gasteiger partial charge in [0.05, 0.1) is 0 Å². The largest absolute Gasteiger partial charge is 0.305 e. The fraction of sp³-hybridized carbons (Fsp3) is 0.600. The maximum absolute atomic E-state index is 11.2. The lowest BCUT2D eigenvalue weighted by atomic mass is 9.82. The third kappa shape index (κ3) is 1.63. The zero-order chi connectivity index (χ0) is 9.30. The number of carbonyl (C=O) groups excluding carboxylic acids is 1. The average Bonchev–Trinajstić information content (AvgIpc) is 1.96. The fourth-order valence-corrected chi connectivity index (χ4v) is 1.63. The zero-order valence-corrected chi connectivity index (χ0v) is 7.90. The maximum Gasteiger partial charge on any atom is 0.137 e. The first-order chi connectivity index (χ1) is 5.52. The van der Waals surface area contributed by atoms with E-state index in [0.717, 1.165) is 5.57 Å². The molecule has 1 aliphatic carbocycles. The van der Waals surface area contributed by atoms with Crippen LogP contribution in [-0.2, 0) is 4.79 Å². The monoisotopic (exact) mass is 165 g/mol. The van der Waals surface area contributed by atoms with Crippen LogP contribution in [0.5, 0.6) is 0 Å². The van der Waals surface area contributed by atoms with E-state index in [9.17, 15) is 4.79 Å². The first kappa shape index (κ1) is 9.17. The summed E-state index contributed by atoms with van der Waals surface area (Å²) >= 11 is 0. The minimum absolute atomic E-state index is 0.273. The molecule has 1 N–H and O–H groups in total. The van der Waals surface area contributed by atoms with E-state index in [1.807, 2.05) is 6.92 Å². The summed E-state index contributed by atoms with van der Waals surface area (Å²) in [6, 6.07) is 0. The van der Waals surface area contributed by atoms with Gasteiger partial charge < -0.3 is 5.41 Å². The molecule has 1 atom stereocenters. The van der Waals surface area contributed by atoms with Gasteiger partial charge in [-0.05, 0) is 25.3 Å². The molecule has 0 aliphatic heterocycles. The van der Waals surface area contributed by atoms with Gasteiger partial charge in [-0.25, -0.2) is 0 Å². The van der Waals surface area contributed by atoms with Crippen molar-refractivity contribution in [2.75, 3.05) is 0 Å². The van der Waals surface area contributed by atoms with Gasteiger partial charge in [-0.1, -0.05) is 12.5 Å². The van der Waals surface area contributed by atoms with Crippen LogP contribution in [0, 0.1) is 11.3 Å². The number of rotatable bonds is 1. The van der Waals surface area contributed by atoms with Crippen molar-refractivity contribution >= 4 is 11.5 Å². The number of hydrogen-bond acceptors (Lipinski definition) is 2. The highest BCUT2D eigenvalue weighted by molar-refractivity contribution is 6.02. The first-order valence-electron chi connectivity index (χ1n) is 4.29. The molecule has 0 bridgehead atoms. The molecule has 0 radical (unpaired) electrons. The van der Waals surface area contributed by atoms with Gasteiger partial charge in [0, 0.05) is 18.6 Å². The Morgan fingerprint density at radius 1 is 1.58 bits per heavy atom. The Morgan fingerprint density at radius 2 is 2.17 bits per heavy atom. The summed E-state index contributed by atoms with van der Waals surface area (Å²) in [5.74, 6) is 0.608. The molecule has 66 valence electrons. The van der Waals surface area contributed by atoms with Gasteiger partial charge in [0.25, 0.3) is 0 Å². The molecule has 0 aromatic rings. The van der Waals surface area contributed by atoms with E-state index in [4.69, 9.17) is 5.41 Å². The highest BCUT2D eigenvalue weighted by atomic mass is 16.1. The Morgan fingerprint density at radius 3 is 2.67 bits per heavy atom. The van der Waals surface area contributed by atoms with Gasteiger partial charge in [0.2, 0.25) is 0 Å². The van der Waals surface area contributed by atoms with Crippen LogP contribution in [0.1, 0.15) is 33.6 Å². The SMILES string of the molecule is CC(=N)C1=C(C)C(C)CC(=O)C1. The predicted molar refractivity (Wildman–Crippen MR) is 49.5 cm³/mol. The molecule has 0 saturated heterocycles. The fourth-order valence-electron chi connectivity index (χ4n) is 1.63. The van der Waals surface area contributed by atoms with Crippen molar-refractivity contribution in [2.24, 2.45) is 5.92 Å². The zero-order valence-electron chi connectivity index (χ0n) is 7.90. The number of hydrogen-bond donors (Lipinski definition) is 1. The van der Waals surface area contributed by atoms with Gasteiger partial charge in [-0.3, -0.25) is 4.79 Å². The third-order valence-corrected chi connectivity index (χ3v) is 2.58. The van der Waals surface area contributed by atoms with Crippen LogP contribution in [0.3, 0.4) is 0 Å². The normalized spacial score (nSPS) is 24.6. The van der Waals surface area contributed by atoms with E-state index in [-0.39, 0.29) is 5.78 Å². The molecular formula is C10H15NO. The lowest BCUT2D eigenvalue weighted by Gasteiger charge is -2.22. The topological polar surface area (TPSA) is 40.9 Å². The second kappa shape index (κ2) is 3.21. The van der Waals surface area contributed by atoms with Crippen molar-refractivity contribution in [3.05, 3.63) is 11.1 Å². The molecule has 0 amide bonds. The van der Waals surface area contributed by atoms with Crippen LogP contribution < -0.4 is 0 Å². The molecule has 0 aromatic heterocycles. The first-order valence-corrected chi connectivity index (χ1v) is 4.29. The van der Waals surface area contributed by atoms with Crippen LogP contribution >= 0.6 is 0 Å². The van der Waals surface area contributed by atoms with Crippen molar-refractivity contribution in [1.29, 1.82) is 5.41 Å². The Labute approximate surface area is 73.2 Å².